The average Bonchev–Trinajstić information content (AvgIpc) is 3.13. The van der Waals surface area contributed by atoms with Gasteiger partial charge in [-0.05, 0) is 43.4 Å². The molecular weight excluding hydrogens is 443 g/mol. The van der Waals surface area contributed by atoms with Gasteiger partial charge in [0.2, 0.25) is 0 Å². The molecule has 0 aliphatic carbocycles. The number of hydrogen-bond acceptors (Lipinski definition) is 4. The summed E-state index contributed by atoms with van der Waals surface area (Å²) < 4.78 is 48.3. The van der Waals surface area contributed by atoms with Crippen LogP contribution in [0.4, 0.5) is 19.0 Å². The lowest BCUT2D eigenvalue weighted by molar-refractivity contribution is -0.266. The number of halogens is 3. The number of fused-ring (bicyclic) bond motifs is 1. The number of ether oxygens (including phenoxy) is 1. The van der Waals surface area contributed by atoms with Gasteiger partial charge in [-0.25, -0.2) is 4.98 Å². The van der Waals surface area contributed by atoms with E-state index >= 15 is 0 Å². The molecule has 3 unspecified atom stereocenters. The monoisotopic (exact) mass is 475 g/mol. The number of anilines is 1. The van der Waals surface area contributed by atoms with Crippen molar-refractivity contribution in [3.63, 3.8) is 0 Å². The minimum atomic E-state index is -4.79. The first-order chi connectivity index (χ1) is 15.9. The number of rotatable bonds is 6. The fraction of sp³-hybridized carbons (Fsp3) is 0.500. The molecule has 8 heteroatoms. The number of aliphatic hydroxyl groups is 1. The smallest absolute Gasteiger partial charge is 0.380 e. The minimum absolute atomic E-state index is 0.0674. The van der Waals surface area contributed by atoms with Crippen LogP contribution in [0.2, 0.25) is 0 Å². The van der Waals surface area contributed by atoms with Gasteiger partial charge in [-0.15, -0.1) is 0 Å². The molecule has 1 saturated heterocycles. The van der Waals surface area contributed by atoms with Crippen molar-refractivity contribution in [3.8, 4) is 0 Å². The van der Waals surface area contributed by atoms with E-state index in [2.05, 4.69) is 14.9 Å². The Morgan fingerprint density at radius 1 is 1.09 bits per heavy atom. The van der Waals surface area contributed by atoms with Gasteiger partial charge in [-0.2, -0.15) is 13.2 Å². The molecule has 1 aliphatic rings. The lowest BCUT2D eigenvalue weighted by atomic mass is 9.73. The SMILES string of the molecule is CC1CN(c2cc3cc(CC(O)(CC(C)(C)c4ccccc4)C(F)(F)F)[nH]c3cn2)CC(C)O1. The molecule has 2 aromatic heterocycles. The molecule has 2 N–H and O–H groups in total. The standard InChI is InChI=1S/C26H32F3N3O2/c1-17-14-32(15-18(2)34-17)23-11-19-10-21(31-22(19)13-30-23)12-25(33,26(27,28)29)16-24(3,4)20-8-6-5-7-9-20/h5-11,13,17-18,31,33H,12,14-16H2,1-4H3. The van der Waals surface area contributed by atoms with Crippen molar-refractivity contribution in [2.24, 2.45) is 0 Å². The third kappa shape index (κ3) is 5.08. The number of nitrogens with one attached hydrogen (secondary N) is 1. The number of pyridine rings is 1. The van der Waals surface area contributed by atoms with Gasteiger partial charge in [-0.1, -0.05) is 44.2 Å². The maximum Gasteiger partial charge on any atom is 0.417 e. The van der Waals surface area contributed by atoms with E-state index < -0.39 is 30.0 Å². The first kappa shape index (κ1) is 24.5. The van der Waals surface area contributed by atoms with Crippen LogP contribution in [0.15, 0.2) is 48.7 Å². The Labute approximate surface area is 198 Å². The summed E-state index contributed by atoms with van der Waals surface area (Å²) in [5, 5.41) is 11.7. The zero-order chi connectivity index (χ0) is 24.7. The Morgan fingerprint density at radius 3 is 2.35 bits per heavy atom. The quantitative estimate of drug-likeness (QED) is 0.503. The predicted molar refractivity (Wildman–Crippen MR) is 127 cm³/mol. The summed E-state index contributed by atoms with van der Waals surface area (Å²) in [7, 11) is 0. The van der Waals surface area contributed by atoms with Crippen LogP contribution in [0.5, 0.6) is 0 Å². The van der Waals surface area contributed by atoms with Gasteiger partial charge >= 0.3 is 6.18 Å². The minimum Gasteiger partial charge on any atom is -0.380 e. The van der Waals surface area contributed by atoms with Gasteiger partial charge in [0.15, 0.2) is 5.60 Å². The van der Waals surface area contributed by atoms with E-state index in [1.165, 1.54) is 0 Å². The molecule has 1 fully saturated rings. The summed E-state index contributed by atoms with van der Waals surface area (Å²) >= 11 is 0. The molecular formula is C26H32F3N3O2. The molecule has 5 nitrogen and oxygen atoms in total. The highest BCUT2D eigenvalue weighted by atomic mass is 19.4. The van der Waals surface area contributed by atoms with E-state index in [-0.39, 0.29) is 12.2 Å². The van der Waals surface area contributed by atoms with Gasteiger partial charge in [-0.3, -0.25) is 0 Å². The summed E-state index contributed by atoms with van der Waals surface area (Å²) in [6.45, 7) is 8.86. The third-order valence-corrected chi connectivity index (χ3v) is 6.59. The van der Waals surface area contributed by atoms with Gasteiger partial charge in [0.05, 0.1) is 23.9 Å². The van der Waals surface area contributed by atoms with Crippen LogP contribution < -0.4 is 4.90 Å². The van der Waals surface area contributed by atoms with Gasteiger partial charge in [0.1, 0.15) is 5.82 Å². The number of aromatic amines is 1. The van der Waals surface area contributed by atoms with Crippen molar-refractivity contribution in [1.82, 2.24) is 9.97 Å². The average molecular weight is 476 g/mol. The third-order valence-electron chi connectivity index (χ3n) is 6.59. The molecule has 34 heavy (non-hydrogen) atoms. The summed E-state index contributed by atoms with van der Waals surface area (Å²) in [5.41, 5.74) is -2.06. The maximum absolute atomic E-state index is 14.2. The summed E-state index contributed by atoms with van der Waals surface area (Å²) in [6.07, 6.45) is -4.05. The summed E-state index contributed by atoms with van der Waals surface area (Å²) in [4.78, 5) is 9.67. The molecule has 3 atom stereocenters. The fourth-order valence-electron chi connectivity index (χ4n) is 5.01. The maximum atomic E-state index is 14.2. The molecule has 1 aromatic carbocycles. The highest BCUT2D eigenvalue weighted by Crippen LogP contribution is 2.43. The zero-order valence-electron chi connectivity index (χ0n) is 20.0. The second-order valence-electron chi connectivity index (χ2n) is 10.2. The lowest BCUT2D eigenvalue weighted by Gasteiger charge is -2.37. The van der Waals surface area contributed by atoms with E-state index in [9.17, 15) is 18.3 Å². The molecule has 0 saturated carbocycles. The first-order valence-corrected chi connectivity index (χ1v) is 11.6. The van der Waals surface area contributed by atoms with Crippen LogP contribution in [-0.2, 0) is 16.6 Å². The van der Waals surface area contributed by atoms with Crippen LogP contribution in [0.3, 0.4) is 0 Å². The number of H-pyrrole nitrogens is 1. The molecule has 0 radical (unpaired) electrons. The largest absolute Gasteiger partial charge is 0.417 e. The molecule has 4 rings (SSSR count). The number of benzene rings is 1. The Kier molecular flexibility index (Phi) is 6.42. The first-order valence-electron chi connectivity index (χ1n) is 11.6. The molecule has 3 heterocycles. The Balaban J connectivity index is 1.60. The zero-order valence-corrected chi connectivity index (χ0v) is 20.0. The van der Waals surface area contributed by atoms with Crippen molar-refractivity contribution in [2.75, 3.05) is 18.0 Å². The number of morpholine rings is 1. The molecule has 184 valence electrons. The number of alkyl halides is 3. The Morgan fingerprint density at radius 2 is 1.74 bits per heavy atom. The van der Waals surface area contributed by atoms with Crippen LogP contribution in [-0.4, -0.2) is 52.1 Å². The van der Waals surface area contributed by atoms with Crippen LogP contribution in [0, 0.1) is 0 Å². The van der Waals surface area contributed by atoms with Gasteiger partial charge < -0.3 is 19.7 Å². The number of aromatic nitrogens is 2. The van der Waals surface area contributed by atoms with E-state index in [0.717, 1.165) is 16.8 Å². The van der Waals surface area contributed by atoms with Crippen molar-refractivity contribution >= 4 is 16.7 Å². The van der Waals surface area contributed by atoms with E-state index in [0.29, 0.717) is 24.3 Å². The second-order valence-corrected chi connectivity index (χ2v) is 10.2. The second kappa shape index (κ2) is 8.89. The highest BCUT2D eigenvalue weighted by Gasteiger charge is 2.56. The van der Waals surface area contributed by atoms with Crippen molar-refractivity contribution in [1.29, 1.82) is 0 Å². The van der Waals surface area contributed by atoms with Crippen LogP contribution in [0.25, 0.3) is 10.9 Å². The normalized spacial score (nSPS) is 21.6. The molecule has 0 spiro atoms. The van der Waals surface area contributed by atoms with E-state index in [1.807, 2.05) is 26.0 Å². The number of nitrogens with zero attached hydrogens (tertiary/aromatic N) is 2. The topological polar surface area (TPSA) is 61.4 Å². The molecule has 0 bridgehead atoms. The Bertz CT molecular complexity index is 1120. The molecule has 0 amide bonds. The van der Waals surface area contributed by atoms with Gasteiger partial charge in [0, 0.05) is 30.6 Å². The van der Waals surface area contributed by atoms with Crippen LogP contribution in [0.1, 0.15) is 45.4 Å². The van der Waals surface area contributed by atoms with E-state index in [4.69, 9.17) is 4.74 Å². The predicted octanol–water partition coefficient (Wildman–Crippen LogP) is 5.38. The molecule has 3 aromatic rings. The van der Waals surface area contributed by atoms with Crippen molar-refractivity contribution < 1.29 is 23.0 Å². The van der Waals surface area contributed by atoms with Gasteiger partial charge in [0.25, 0.3) is 0 Å². The van der Waals surface area contributed by atoms with E-state index in [1.54, 1.807) is 50.4 Å². The summed E-state index contributed by atoms with van der Waals surface area (Å²) in [6, 6.07) is 12.5. The molecule has 1 aliphatic heterocycles. The fourth-order valence-corrected chi connectivity index (χ4v) is 5.01. The lowest BCUT2D eigenvalue weighted by Crippen LogP contribution is -2.50. The van der Waals surface area contributed by atoms with Crippen LogP contribution >= 0.6 is 0 Å². The highest BCUT2D eigenvalue weighted by molar-refractivity contribution is 5.82. The summed E-state index contributed by atoms with van der Waals surface area (Å²) in [5.74, 6) is 0.761. The number of hydrogen-bond donors (Lipinski definition) is 2. The Hall–Kier alpha value is -2.58. The van der Waals surface area contributed by atoms with Crippen molar-refractivity contribution in [2.45, 2.75) is 69.9 Å². The van der Waals surface area contributed by atoms with Crippen molar-refractivity contribution in [3.05, 3.63) is 59.9 Å².